The van der Waals surface area contributed by atoms with Crippen LogP contribution >= 0.6 is 15.8 Å². The van der Waals surface area contributed by atoms with Crippen molar-refractivity contribution in [3.8, 4) is 0 Å². The molecule has 0 unspecified atom stereocenters. The molecule has 2 aromatic rings. The van der Waals surface area contributed by atoms with E-state index in [9.17, 15) is 0 Å². The van der Waals surface area contributed by atoms with Crippen LogP contribution in [0.25, 0.3) is 0 Å². The van der Waals surface area contributed by atoms with Crippen molar-refractivity contribution in [2.75, 3.05) is 0 Å². The van der Waals surface area contributed by atoms with E-state index >= 15 is 0 Å². The predicted molar refractivity (Wildman–Crippen MR) is 145 cm³/mol. The van der Waals surface area contributed by atoms with Crippen molar-refractivity contribution in [1.82, 2.24) is 0 Å². The number of benzene rings is 2. The molecule has 31 heavy (non-hydrogen) atoms. The van der Waals surface area contributed by atoms with Crippen molar-refractivity contribution in [3.63, 3.8) is 0 Å². The highest BCUT2D eigenvalue weighted by atomic mass is 31.1. The van der Waals surface area contributed by atoms with Crippen molar-refractivity contribution in [1.29, 1.82) is 0 Å². The lowest BCUT2D eigenvalue weighted by Gasteiger charge is -2.44. The molecule has 2 heteroatoms. The van der Waals surface area contributed by atoms with Crippen LogP contribution in [0.1, 0.15) is 66.0 Å². The highest BCUT2D eigenvalue weighted by Crippen LogP contribution is 2.68. The van der Waals surface area contributed by atoms with Gasteiger partial charge in [-0.25, -0.2) is 0 Å². The first-order valence-electron chi connectivity index (χ1n) is 11.5. The molecule has 0 saturated heterocycles. The van der Waals surface area contributed by atoms with Crippen molar-refractivity contribution in [2.45, 2.75) is 84.7 Å². The summed E-state index contributed by atoms with van der Waals surface area (Å²) in [6.07, 6.45) is 6.03. The molecule has 0 aromatic heterocycles. The lowest BCUT2D eigenvalue weighted by Crippen LogP contribution is -2.28. The molecule has 166 valence electrons. The summed E-state index contributed by atoms with van der Waals surface area (Å²) in [4.78, 5) is 0. The topological polar surface area (TPSA) is 0 Å². The zero-order valence-corrected chi connectivity index (χ0v) is 22.7. The minimum absolute atomic E-state index is 0.266. The van der Waals surface area contributed by atoms with E-state index in [0.717, 1.165) is 6.42 Å². The highest BCUT2D eigenvalue weighted by molar-refractivity contribution is 7.74. The predicted octanol–water partition coefficient (Wildman–Crippen LogP) is 8.42. The van der Waals surface area contributed by atoms with Gasteiger partial charge in [0.1, 0.15) is 0 Å². The molecule has 0 nitrogen and oxygen atoms in total. The van der Waals surface area contributed by atoms with Gasteiger partial charge < -0.3 is 0 Å². The number of allylic oxidation sites excluding steroid dienone is 4. The molecule has 0 heterocycles. The molecule has 0 spiro atoms. The second-order valence-corrected chi connectivity index (χ2v) is 17.2. The Kier molecular flexibility index (Phi) is 7.35. The molecule has 3 rings (SSSR count). The molecule has 0 saturated carbocycles. The number of hydrogen-bond acceptors (Lipinski definition) is 0. The summed E-state index contributed by atoms with van der Waals surface area (Å²) in [5.74, 6) is 0. The summed E-state index contributed by atoms with van der Waals surface area (Å²) >= 11 is 0. The lowest BCUT2D eigenvalue weighted by atomic mass is 10.2. The highest BCUT2D eigenvalue weighted by Gasteiger charge is 2.40. The SMILES string of the molecule is Cc1ccccc1P(c1ccccc1C)[C@H](C)C1=C(P(C(C)(C)C)C(C)(C)C)CC=C1. The number of aryl methyl sites for hydroxylation is 2. The Hall–Kier alpha value is -1.22. The van der Waals surface area contributed by atoms with Crippen molar-refractivity contribution in [2.24, 2.45) is 0 Å². The lowest BCUT2D eigenvalue weighted by molar-refractivity contribution is 0.709. The maximum atomic E-state index is 2.49. The van der Waals surface area contributed by atoms with E-state index in [1.807, 2.05) is 0 Å². The number of rotatable bonds is 5. The van der Waals surface area contributed by atoms with Crippen LogP contribution < -0.4 is 10.6 Å². The minimum Gasteiger partial charge on any atom is -0.0798 e. The molecule has 1 aliphatic rings. The first-order chi connectivity index (χ1) is 14.4. The molecule has 0 N–H and O–H groups in total. The van der Waals surface area contributed by atoms with Crippen molar-refractivity contribution in [3.05, 3.63) is 82.7 Å². The fraction of sp³-hybridized carbons (Fsp3) is 0.448. The monoisotopic (exact) mass is 450 g/mol. The summed E-state index contributed by atoms with van der Waals surface area (Å²) in [6.45, 7) is 21.7. The van der Waals surface area contributed by atoms with Gasteiger partial charge in [-0.1, -0.05) is 117 Å². The van der Waals surface area contributed by atoms with E-state index in [-0.39, 0.29) is 7.92 Å². The van der Waals surface area contributed by atoms with E-state index in [1.165, 1.54) is 21.7 Å². The third-order valence-corrected chi connectivity index (χ3v) is 12.9. The molecular weight excluding hydrogens is 410 g/mol. The first kappa shape index (κ1) is 24.4. The fourth-order valence-corrected chi connectivity index (χ4v) is 12.8. The maximum absolute atomic E-state index is 2.49. The van der Waals surface area contributed by atoms with E-state index in [0.29, 0.717) is 16.0 Å². The van der Waals surface area contributed by atoms with E-state index < -0.39 is 7.92 Å². The molecule has 0 amide bonds. The molecule has 2 aromatic carbocycles. The van der Waals surface area contributed by atoms with Gasteiger partial charge in [0.05, 0.1) is 0 Å². The standard InChI is InChI=1S/C29H40P2/c1-21-15-10-12-18-25(21)30(26-19-13-11-16-22(26)2)23(3)24-17-14-20-27(24)31(28(4,5)6)29(7,8)9/h10-19,23H,20H2,1-9H3/t23-/m1/s1. The largest absolute Gasteiger partial charge is 0.0798 e. The van der Waals surface area contributed by atoms with Crippen LogP contribution in [0.2, 0.25) is 0 Å². The van der Waals surface area contributed by atoms with Gasteiger partial charge in [0.2, 0.25) is 0 Å². The van der Waals surface area contributed by atoms with Gasteiger partial charge >= 0.3 is 0 Å². The van der Waals surface area contributed by atoms with E-state index in [2.05, 4.69) is 123 Å². The Bertz CT molecular complexity index is 923. The number of hydrogen-bond donors (Lipinski definition) is 0. The molecule has 0 radical (unpaired) electrons. The van der Waals surface area contributed by atoms with Gasteiger partial charge in [0.25, 0.3) is 0 Å². The summed E-state index contributed by atoms with van der Waals surface area (Å²) in [5, 5.41) is 5.39. The van der Waals surface area contributed by atoms with Crippen LogP contribution in [0.5, 0.6) is 0 Å². The summed E-state index contributed by atoms with van der Waals surface area (Å²) in [7, 11) is -0.753. The smallest absolute Gasteiger partial charge is 0.00970 e. The molecule has 1 atom stereocenters. The van der Waals surface area contributed by atoms with Gasteiger partial charge in [-0.15, -0.1) is 0 Å². The first-order valence-corrected chi connectivity index (χ1v) is 14.3. The third kappa shape index (κ3) is 5.24. The fourth-order valence-electron chi connectivity index (χ4n) is 5.28. The molecule has 1 aliphatic carbocycles. The molecular formula is C29H40P2. The van der Waals surface area contributed by atoms with Gasteiger partial charge in [0, 0.05) is 5.66 Å². The Morgan fingerprint density at radius 2 is 1.19 bits per heavy atom. The zero-order chi connectivity index (χ0) is 23.0. The van der Waals surface area contributed by atoms with Gasteiger partial charge in [-0.3, -0.25) is 0 Å². The average molecular weight is 451 g/mol. The second kappa shape index (κ2) is 9.33. The molecule has 0 aliphatic heterocycles. The minimum atomic E-state index is -0.487. The Labute approximate surface area is 193 Å². The summed E-state index contributed by atoms with van der Waals surface area (Å²) < 4.78 is 0. The van der Waals surface area contributed by atoms with Crippen LogP contribution in [0, 0.1) is 13.8 Å². The summed E-state index contributed by atoms with van der Waals surface area (Å²) in [5.41, 5.74) is 4.96. The summed E-state index contributed by atoms with van der Waals surface area (Å²) in [6, 6.07) is 18.1. The Balaban J connectivity index is 2.20. The molecule has 0 bridgehead atoms. The maximum Gasteiger partial charge on any atom is 0.00970 e. The van der Waals surface area contributed by atoms with Crippen molar-refractivity contribution >= 4 is 26.5 Å². The quantitative estimate of drug-likeness (QED) is 0.401. The third-order valence-electron chi connectivity index (χ3n) is 6.14. The van der Waals surface area contributed by atoms with Crippen LogP contribution in [-0.4, -0.2) is 16.0 Å². The van der Waals surface area contributed by atoms with Gasteiger partial charge in [0.15, 0.2) is 0 Å². The van der Waals surface area contributed by atoms with Gasteiger partial charge in [-0.2, -0.15) is 0 Å². The Morgan fingerprint density at radius 1 is 0.742 bits per heavy atom. The van der Waals surface area contributed by atoms with Crippen LogP contribution in [0.4, 0.5) is 0 Å². The van der Waals surface area contributed by atoms with Crippen LogP contribution in [0.15, 0.2) is 71.6 Å². The normalized spacial score (nSPS) is 16.0. The van der Waals surface area contributed by atoms with Crippen molar-refractivity contribution < 1.29 is 0 Å². The van der Waals surface area contributed by atoms with Crippen LogP contribution in [0.3, 0.4) is 0 Å². The average Bonchev–Trinajstić information content (AvgIpc) is 3.11. The van der Waals surface area contributed by atoms with Crippen LogP contribution in [-0.2, 0) is 0 Å². The van der Waals surface area contributed by atoms with E-state index in [1.54, 1.807) is 10.9 Å². The molecule has 0 fully saturated rings. The zero-order valence-electron chi connectivity index (χ0n) is 21.0. The Morgan fingerprint density at radius 3 is 1.61 bits per heavy atom. The van der Waals surface area contributed by atoms with E-state index in [4.69, 9.17) is 0 Å². The second-order valence-electron chi connectivity index (χ2n) is 10.8. The van der Waals surface area contributed by atoms with Gasteiger partial charge in [-0.05, 0) is 71.1 Å².